The number of anilines is 1. The standard InChI is InChI=1S/C19H24N2O2/c1-16-9-6-7-12-18(16)23-15-19(22)20-13-8-14-21(2)17-10-4-3-5-11-17/h3-7,9-12H,8,13-15H2,1-2H3,(H,20,22). The molecule has 0 spiro atoms. The summed E-state index contributed by atoms with van der Waals surface area (Å²) in [6.45, 7) is 3.56. The van der Waals surface area contributed by atoms with Crippen LogP contribution >= 0.6 is 0 Å². The van der Waals surface area contributed by atoms with E-state index in [9.17, 15) is 4.79 Å². The largest absolute Gasteiger partial charge is 0.484 e. The van der Waals surface area contributed by atoms with E-state index in [4.69, 9.17) is 4.74 Å². The molecule has 0 unspecified atom stereocenters. The van der Waals surface area contributed by atoms with Crippen molar-refractivity contribution in [3.8, 4) is 5.75 Å². The van der Waals surface area contributed by atoms with Gasteiger partial charge in [-0.1, -0.05) is 36.4 Å². The highest BCUT2D eigenvalue weighted by Gasteiger charge is 2.04. The number of hydrogen-bond donors (Lipinski definition) is 1. The smallest absolute Gasteiger partial charge is 0.257 e. The van der Waals surface area contributed by atoms with E-state index in [1.54, 1.807) is 0 Å². The number of amides is 1. The number of benzene rings is 2. The van der Waals surface area contributed by atoms with Gasteiger partial charge in [0, 0.05) is 25.8 Å². The number of nitrogens with one attached hydrogen (secondary N) is 1. The summed E-state index contributed by atoms with van der Waals surface area (Å²) < 4.78 is 5.52. The van der Waals surface area contributed by atoms with Gasteiger partial charge >= 0.3 is 0 Å². The maximum atomic E-state index is 11.8. The van der Waals surface area contributed by atoms with Crippen LogP contribution in [0.5, 0.6) is 5.75 Å². The molecular weight excluding hydrogens is 288 g/mol. The van der Waals surface area contributed by atoms with Gasteiger partial charge in [0.1, 0.15) is 5.75 Å². The minimum atomic E-state index is -0.0874. The Morgan fingerprint density at radius 3 is 2.52 bits per heavy atom. The number of carbonyl (C=O) groups is 1. The molecule has 0 saturated carbocycles. The zero-order chi connectivity index (χ0) is 16.5. The summed E-state index contributed by atoms with van der Waals surface area (Å²) >= 11 is 0. The lowest BCUT2D eigenvalue weighted by atomic mass is 10.2. The lowest BCUT2D eigenvalue weighted by molar-refractivity contribution is -0.123. The van der Waals surface area contributed by atoms with Crippen LogP contribution in [-0.2, 0) is 4.79 Å². The maximum absolute atomic E-state index is 11.8. The predicted molar refractivity (Wildman–Crippen MR) is 94.0 cm³/mol. The summed E-state index contributed by atoms with van der Waals surface area (Å²) in [5.74, 6) is 0.669. The first kappa shape index (κ1) is 16.9. The van der Waals surface area contributed by atoms with E-state index >= 15 is 0 Å². The number of carbonyl (C=O) groups excluding carboxylic acids is 1. The molecule has 0 radical (unpaired) electrons. The Balaban J connectivity index is 1.62. The van der Waals surface area contributed by atoms with Gasteiger partial charge in [-0.25, -0.2) is 0 Å². The van der Waals surface area contributed by atoms with E-state index in [1.807, 2.05) is 49.4 Å². The molecule has 2 aromatic carbocycles. The fourth-order valence-electron chi connectivity index (χ4n) is 2.27. The van der Waals surface area contributed by atoms with Gasteiger partial charge in [0.2, 0.25) is 0 Å². The van der Waals surface area contributed by atoms with Crippen molar-refractivity contribution in [2.24, 2.45) is 0 Å². The molecule has 0 aliphatic carbocycles. The zero-order valence-corrected chi connectivity index (χ0v) is 13.8. The van der Waals surface area contributed by atoms with E-state index in [0.29, 0.717) is 6.54 Å². The van der Waals surface area contributed by atoms with Gasteiger partial charge in [-0.15, -0.1) is 0 Å². The second kappa shape index (κ2) is 8.83. The third kappa shape index (κ3) is 5.66. The second-order valence-corrected chi connectivity index (χ2v) is 5.51. The van der Waals surface area contributed by atoms with Crippen LogP contribution in [-0.4, -0.2) is 32.7 Å². The molecule has 4 nitrogen and oxygen atoms in total. The van der Waals surface area contributed by atoms with Gasteiger partial charge in [0.15, 0.2) is 6.61 Å². The van der Waals surface area contributed by atoms with Crippen molar-refractivity contribution in [1.29, 1.82) is 0 Å². The third-order valence-corrected chi connectivity index (χ3v) is 3.64. The summed E-state index contributed by atoms with van der Waals surface area (Å²) in [4.78, 5) is 14.0. The zero-order valence-electron chi connectivity index (χ0n) is 13.8. The fraction of sp³-hybridized carbons (Fsp3) is 0.316. The first-order valence-corrected chi connectivity index (χ1v) is 7.88. The van der Waals surface area contributed by atoms with Crippen LogP contribution in [0.2, 0.25) is 0 Å². The molecule has 4 heteroatoms. The van der Waals surface area contributed by atoms with Gasteiger partial charge in [0.05, 0.1) is 0 Å². The van der Waals surface area contributed by atoms with Gasteiger partial charge in [-0.05, 0) is 37.1 Å². The monoisotopic (exact) mass is 312 g/mol. The van der Waals surface area contributed by atoms with E-state index in [-0.39, 0.29) is 12.5 Å². The molecule has 0 heterocycles. The van der Waals surface area contributed by atoms with E-state index in [2.05, 4.69) is 29.4 Å². The molecule has 0 bridgehead atoms. The molecule has 0 aliphatic rings. The van der Waals surface area contributed by atoms with Crippen molar-refractivity contribution >= 4 is 11.6 Å². The van der Waals surface area contributed by atoms with Gasteiger partial charge in [0.25, 0.3) is 5.91 Å². The Morgan fingerprint density at radius 1 is 1.09 bits per heavy atom. The van der Waals surface area contributed by atoms with Crippen molar-refractivity contribution in [1.82, 2.24) is 5.32 Å². The quantitative estimate of drug-likeness (QED) is 0.762. The lowest BCUT2D eigenvalue weighted by Gasteiger charge is -2.19. The summed E-state index contributed by atoms with van der Waals surface area (Å²) in [6.07, 6.45) is 0.890. The van der Waals surface area contributed by atoms with Crippen molar-refractivity contribution in [3.63, 3.8) is 0 Å². The van der Waals surface area contributed by atoms with Crippen molar-refractivity contribution in [2.45, 2.75) is 13.3 Å². The highest BCUT2D eigenvalue weighted by atomic mass is 16.5. The van der Waals surface area contributed by atoms with Gasteiger partial charge < -0.3 is 15.0 Å². The molecule has 0 fully saturated rings. The number of ether oxygens (including phenoxy) is 1. The summed E-state index contributed by atoms with van der Waals surface area (Å²) in [7, 11) is 2.05. The Labute approximate surface area is 138 Å². The highest BCUT2D eigenvalue weighted by molar-refractivity contribution is 5.77. The molecule has 1 N–H and O–H groups in total. The average molecular weight is 312 g/mol. The second-order valence-electron chi connectivity index (χ2n) is 5.51. The molecule has 1 amide bonds. The Bertz CT molecular complexity index is 614. The van der Waals surface area contributed by atoms with E-state index in [1.165, 1.54) is 5.69 Å². The van der Waals surface area contributed by atoms with Crippen LogP contribution in [0.25, 0.3) is 0 Å². The molecule has 23 heavy (non-hydrogen) atoms. The summed E-state index contributed by atoms with van der Waals surface area (Å²) in [6, 6.07) is 17.9. The number of para-hydroxylation sites is 2. The average Bonchev–Trinajstić information content (AvgIpc) is 2.58. The minimum Gasteiger partial charge on any atom is -0.484 e. The van der Waals surface area contributed by atoms with Crippen LogP contribution in [0, 0.1) is 6.92 Å². The van der Waals surface area contributed by atoms with Crippen LogP contribution in [0.1, 0.15) is 12.0 Å². The van der Waals surface area contributed by atoms with Crippen LogP contribution in [0.3, 0.4) is 0 Å². The van der Waals surface area contributed by atoms with Crippen LogP contribution in [0.4, 0.5) is 5.69 Å². The maximum Gasteiger partial charge on any atom is 0.257 e. The third-order valence-electron chi connectivity index (χ3n) is 3.64. The SMILES string of the molecule is Cc1ccccc1OCC(=O)NCCCN(C)c1ccccc1. The topological polar surface area (TPSA) is 41.6 Å². The Kier molecular flexibility index (Phi) is 6.48. The number of nitrogens with zero attached hydrogens (tertiary/aromatic N) is 1. The van der Waals surface area contributed by atoms with E-state index in [0.717, 1.165) is 24.3 Å². The van der Waals surface area contributed by atoms with Crippen molar-refractivity contribution in [3.05, 3.63) is 60.2 Å². The van der Waals surface area contributed by atoms with Crippen molar-refractivity contribution < 1.29 is 9.53 Å². The number of aryl methyl sites for hydroxylation is 1. The first-order valence-electron chi connectivity index (χ1n) is 7.88. The Morgan fingerprint density at radius 2 is 1.78 bits per heavy atom. The summed E-state index contributed by atoms with van der Waals surface area (Å²) in [5.41, 5.74) is 2.21. The van der Waals surface area contributed by atoms with Gasteiger partial charge in [-0.3, -0.25) is 4.79 Å². The van der Waals surface area contributed by atoms with Crippen molar-refractivity contribution in [2.75, 3.05) is 31.6 Å². The molecular formula is C19H24N2O2. The van der Waals surface area contributed by atoms with Crippen LogP contribution < -0.4 is 15.0 Å². The van der Waals surface area contributed by atoms with Crippen LogP contribution in [0.15, 0.2) is 54.6 Å². The number of hydrogen-bond acceptors (Lipinski definition) is 3. The molecule has 0 aromatic heterocycles. The highest BCUT2D eigenvalue weighted by Crippen LogP contribution is 2.15. The minimum absolute atomic E-state index is 0.0549. The molecule has 2 aromatic rings. The Hall–Kier alpha value is -2.49. The molecule has 2 rings (SSSR count). The summed E-state index contributed by atoms with van der Waals surface area (Å²) in [5, 5.41) is 2.89. The molecule has 0 aliphatic heterocycles. The first-order chi connectivity index (χ1) is 11.2. The predicted octanol–water partition coefficient (Wildman–Crippen LogP) is 3.02. The molecule has 0 saturated heterocycles. The molecule has 122 valence electrons. The normalized spacial score (nSPS) is 10.2. The number of rotatable bonds is 8. The lowest BCUT2D eigenvalue weighted by Crippen LogP contribution is -2.31. The van der Waals surface area contributed by atoms with E-state index < -0.39 is 0 Å². The van der Waals surface area contributed by atoms with Gasteiger partial charge in [-0.2, -0.15) is 0 Å². The molecule has 0 atom stereocenters. The fourth-order valence-corrected chi connectivity index (χ4v) is 2.27.